The molecule has 4 nitrogen and oxygen atoms in total. The first-order chi connectivity index (χ1) is 11.7. The SMILES string of the molecule is CN=C(NCc1ccccc1)NCc1cccc(COC(C)C)c1.I. The predicted molar refractivity (Wildman–Crippen MR) is 115 cm³/mol. The van der Waals surface area contributed by atoms with Crippen molar-refractivity contribution in [2.24, 2.45) is 4.99 Å². The number of ether oxygens (including phenoxy) is 1. The van der Waals surface area contributed by atoms with Crippen molar-refractivity contribution in [2.45, 2.75) is 39.6 Å². The average molecular weight is 453 g/mol. The molecule has 2 N–H and O–H groups in total. The molecule has 0 saturated carbocycles. The number of rotatable bonds is 7. The molecule has 0 unspecified atom stereocenters. The maximum atomic E-state index is 5.66. The molecule has 0 spiro atoms. The zero-order valence-electron chi connectivity index (χ0n) is 15.2. The Kier molecular flexibility index (Phi) is 10.2. The van der Waals surface area contributed by atoms with Crippen LogP contribution in [0.1, 0.15) is 30.5 Å². The van der Waals surface area contributed by atoms with Crippen LogP contribution in [0.4, 0.5) is 0 Å². The Hall–Kier alpha value is -1.60. The lowest BCUT2D eigenvalue weighted by molar-refractivity contribution is 0.0657. The zero-order chi connectivity index (χ0) is 17.2. The maximum absolute atomic E-state index is 5.66. The van der Waals surface area contributed by atoms with Gasteiger partial charge in [-0.05, 0) is 30.5 Å². The zero-order valence-corrected chi connectivity index (χ0v) is 17.5. The van der Waals surface area contributed by atoms with Crippen molar-refractivity contribution in [3.63, 3.8) is 0 Å². The maximum Gasteiger partial charge on any atom is 0.191 e. The van der Waals surface area contributed by atoms with E-state index < -0.39 is 0 Å². The molecule has 0 aliphatic rings. The van der Waals surface area contributed by atoms with Gasteiger partial charge in [-0.15, -0.1) is 24.0 Å². The van der Waals surface area contributed by atoms with E-state index >= 15 is 0 Å². The van der Waals surface area contributed by atoms with Gasteiger partial charge in [0.2, 0.25) is 0 Å². The molecule has 0 fully saturated rings. The Balaban J connectivity index is 0.00000312. The fourth-order valence-corrected chi connectivity index (χ4v) is 2.28. The van der Waals surface area contributed by atoms with Crippen LogP contribution in [0.25, 0.3) is 0 Å². The molecule has 2 rings (SSSR count). The molecule has 0 radical (unpaired) electrons. The van der Waals surface area contributed by atoms with Crippen LogP contribution >= 0.6 is 24.0 Å². The van der Waals surface area contributed by atoms with Gasteiger partial charge in [-0.1, -0.05) is 54.6 Å². The Labute approximate surface area is 168 Å². The fourth-order valence-electron chi connectivity index (χ4n) is 2.28. The second kappa shape index (κ2) is 11.9. The van der Waals surface area contributed by atoms with E-state index in [-0.39, 0.29) is 30.1 Å². The summed E-state index contributed by atoms with van der Waals surface area (Å²) in [4.78, 5) is 4.27. The Morgan fingerprint density at radius 1 is 0.920 bits per heavy atom. The third-order valence-corrected chi connectivity index (χ3v) is 3.56. The van der Waals surface area contributed by atoms with E-state index in [4.69, 9.17) is 4.74 Å². The van der Waals surface area contributed by atoms with Crippen molar-refractivity contribution in [3.05, 3.63) is 71.3 Å². The third kappa shape index (κ3) is 8.36. The van der Waals surface area contributed by atoms with Crippen LogP contribution in [-0.2, 0) is 24.4 Å². The molecule has 2 aromatic rings. The molecule has 5 heteroatoms. The number of hydrogen-bond acceptors (Lipinski definition) is 2. The number of aliphatic imine (C=N–C) groups is 1. The van der Waals surface area contributed by atoms with Gasteiger partial charge in [-0.2, -0.15) is 0 Å². The second-order valence-electron chi connectivity index (χ2n) is 5.94. The van der Waals surface area contributed by atoms with Crippen molar-refractivity contribution in [1.29, 1.82) is 0 Å². The molecule has 0 bridgehead atoms. The predicted octanol–water partition coefficient (Wildman–Crippen LogP) is 4.09. The standard InChI is InChI=1S/C20H27N3O.HI/c1-16(2)24-15-19-11-7-10-18(12-19)14-23-20(21-3)22-13-17-8-5-4-6-9-17;/h4-12,16H,13-15H2,1-3H3,(H2,21,22,23);1H. The van der Waals surface area contributed by atoms with E-state index in [1.165, 1.54) is 16.7 Å². The van der Waals surface area contributed by atoms with Gasteiger partial charge in [0.15, 0.2) is 5.96 Å². The summed E-state index contributed by atoms with van der Waals surface area (Å²) < 4.78 is 5.66. The monoisotopic (exact) mass is 453 g/mol. The molecule has 0 heterocycles. The normalized spacial score (nSPS) is 11.1. The lowest BCUT2D eigenvalue weighted by Gasteiger charge is -2.13. The molecule has 25 heavy (non-hydrogen) atoms. The van der Waals surface area contributed by atoms with Crippen molar-refractivity contribution in [3.8, 4) is 0 Å². The van der Waals surface area contributed by atoms with Crippen LogP contribution in [0.5, 0.6) is 0 Å². The van der Waals surface area contributed by atoms with Crippen LogP contribution in [0.2, 0.25) is 0 Å². The van der Waals surface area contributed by atoms with Crippen molar-refractivity contribution >= 4 is 29.9 Å². The number of halogens is 1. The van der Waals surface area contributed by atoms with Gasteiger partial charge in [0.1, 0.15) is 0 Å². The summed E-state index contributed by atoms with van der Waals surface area (Å²) in [6, 6.07) is 18.7. The number of nitrogens with zero attached hydrogens (tertiary/aromatic N) is 1. The van der Waals surface area contributed by atoms with Crippen LogP contribution in [0, 0.1) is 0 Å². The largest absolute Gasteiger partial charge is 0.374 e. The van der Waals surface area contributed by atoms with E-state index in [0.29, 0.717) is 6.61 Å². The van der Waals surface area contributed by atoms with Gasteiger partial charge >= 0.3 is 0 Å². The number of guanidine groups is 1. The highest BCUT2D eigenvalue weighted by Crippen LogP contribution is 2.08. The minimum atomic E-state index is 0. The van der Waals surface area contributed by atoms with Crippen LogP contribution in [0.3, 0.4) is 0 Å². The number of hydrogen-bond donors (Lipinski definition) is 2. The van der Waals surface area contributed by atoms with Crippen molar-refractivity contribution in [2.75, 3.05) is 7.05 Å². The van der Waals surface area contributed by atoms with Crippen LogP contribution in [0.15, 0.2) is 59.6 Å². The molecule has 136 valence electrons. The molecule has 0 aromatic heterocycles. The Morgan fingerprint density at radius 2 is 1.52 bits per heavy atom. The third-order valence-electron chi connectivity index (χ3n) is 3.56. The lowest BCUT2D eigenvalue weighted by atomic mass is 10.1. The number of benzene rings is 2. The summed E-state index contributed by atoms with van der Waals surface area (Å²) in [5, 5.41) is 6.67. The van der Waals surface area contributed by atoms with E-state index in [0.717, 1.165) is 19.0 Å². The highest BCUT2D eigenvalue weighted by molar-refractivity contribution is 14.0. The summed E-state index contributed by atoms with van der Waals surface area (Å²) in [5.74, 6) is 0.794. The van der Waals surface area contributed by atoms with Gasteiger partial charge in [0.05, 0.1) is 12.7 Å². The topological polar surface area (TPSA) is 45.7 Å². The molecular weight excluding hydrogens is 425 g/mol. The van der Waals surface area contributed by atoms with Gasteiger partial charge < -0.3 is 15.4 Å². The summed E-state index contributed by atoms with van der Waals surface area (Å²) in [6.45, 7) is 6.22. The molecule has 2 aromatic carbocycles. The molecule has 0 aliphatic carbocycles. The van der Waals surface area contributed by atoms with Gasteiger partial charge in [0, 0.05) is 20.1 Å². The van der Waals surface area contributed by atoms with E-state index in [2.05, 4.69) is 52.0 Å². The Bertz CT molecular complexity index is 644. The summed E-state index contributed by atoms with van der Waals surface area (Å²) in [7, 11) is 1.78. The van der Waals surface area contributed by atoms with Crippen molar-refractivity contribution in [1.82, 2.24) is 10.6 Å². The smallest absolute Gasteiger partial charge is 0.191 e. The molecule has 0 aliphatic heterocycles. The van der Waals surface area contributed by atoms with Crippen LogP contribution < -0.4 is 10.6 Å². The summed E-state index contributed by atoms with van der Waals surface area (Å²) in [6.07, 6.45) is 0.243. The minimum absolute atomic E-state index is 0. The quantitative estimate of drug-likeness (QED) is 0.377. The second-order valence-corrected chi connectivity index (χ2v) is 5.94. The fraction of sp³-hybridized carbons (Fsp3) is 0.350. The molecular formula is C20H28IN3O. The van der Waals surface area contributed by atoms with Gasteiger partial charge in [-0.3, -0.25) is 4.99 Å². The molecule has 0 amide bonds. The first-order valence-corrected chi connectivity index (χ1v) is 8.35. The molecule has 0 atom stereocenters. The average Bonchev–Trinajstić information content (AvgIpc) is 2.61. The van der Waals surface area contributed by atoms with E-state index in [1.807, 2.05) is 32.0 Å². The highest BCUT2D eigenvalue weighted by Gasteiger charge is 2.01. The van der Waals surface area contributed by atoms with E-state index in [1.54, 1.807) is 7.05 Å². The van der Waals surface area contributed by atoms with Crippen molar-refractivity contribution < 1.29 is 4.74 Å². The van der Waals surface area contributed by atoms with E-state index in [9.17, 15) is 0 Å². The summed E-state index contributed by atoms with van der Waals surface area (Å²) >= 11 is 0. The summed E-state index contributed by atoms with van der Waals surface area (Å²) in [5.41, 5.74) is 3.63. The Morgan fingerprint density at radius 3 is 2.16 bits per heavy atom. The first-order valence-electron chi connectivity index (χ1n) is 8.35. The van der Waals surface area contributed by atoms with Gasteiger partial charge in [0.25, 0.3) is 0 Å². The minimum Gasteiger partial charge on any atom is -0.374 e. The highest BCUT2D eigenvalue weighted by atomic mass is 127. The van der Waals surface area contributed by atoms with Gasteiger partial charge in [-0.25, -0.2) is 0 Å². The molecule has 0 saturated heterocycles. The first kappa shape index (κ1) is 21.4. The van der Waals surface area contributed by atoms with Crippen LogP contribution in [-0.4, -0.2) is 19.1 Å². The lowest BCUT2D eigenvalue weighted by Crippen LogP contribution is -2.36. The number of nitrogens with one attached hydrogen (secondary N) is 2.